The minimum Gasteiger partial charge on any atom is -0.396 e. The van der Waals surface area contributed by atoms with Crippen molar-refractivity contribution < 1.29 is 13.5 Å². The summed E-state index contributed by atoms with van der Waals surface area (Å²) in [6.07, 6.45) is 0.923. The van der Waals surface area contributed by atoms with Crippen LogP contribution in [0.4, 0.5) is 0 Å². The van der Waals surface area contributed by atoms with Crippen LogP contribution in [0.5, 0.6) is 0 Å². The number of aryl methyl sites for hydroxylation is 1. The van der Waals surface area contributed by atoms with E-state index in [1.807, 2.05) is 37.3 Å². The molecule has 1 unspecified atom stereocenters. The van der Waals surface area contributed by atoms with E-state index in [2.05, 4.69) is 4.72 Å². The summed E-state index contributed by atoms with van der Waals surface area (Å²) < 4.78 is 27.5. The molecule has 2 N–H and O–H groups in total. The Bertz CT molecular complexity index is 682. The molecule has 0 saturated carbocycles. The van der Waals surface area contributed by atoms with E-state index in [0.29, 0.717) is 12.8 Å². The third-order valence-corrected chi connectivity index (χ3v) is 4.99. The van der Waals surface area contributed by atoms with E-state index in [0.717, 1.165) is 11.1 Å². The smallest absolute Gasteiger partial charge is 0.240 e. The summed E-state index contributed by atoms with van der Waals surface area (Å²) in [4.78, 5) is 0.245. The fraction of sp³-hybridized carbons (Fsp3) is 0.294. The largest absolute Gasteiger partial charge is 0.396 e. The Morgan fingerprint density at radius 2 is 1.68 bits per heavy atom. The van der Waals surface area contributed by atoms with Gasteiger partial charge in [0.2, 0.25) is 10.0 Å². The Kier molecular flexibility index (Phi) is 5.71. The highest BCUT2D eigenvalue weighted by molar-refractivity contribution is 7.89. The Morgan fingerprint density at radius 3 is 2.27 bits per heavy atom. The summed E-state index contributed by atoms with van der Waals surface area (Å²) in [6.45, 7) is 1.85. The predicted molar refractivity (Wildman–Crippen MR) is 87.1 cm³/mol. The molecule has 2 rings (SSSR count). The Balaban J connectivity index is 2.14. The van der Waals surface area contributed by atoms with Crippen LogP contribution in [0.1, 0.15) is 17.5 Å². The molecule has 2 aromatic carbocycles. The van der Waals surface area contributed by atoms with Crippen molar-refractivity contribution in [1.29, 1.82) is 0 Å². The van der Waals surface area contributed by atoms with Crippen molar-refractivity contribution in [3.8, 4) is 0 Å². The van der Waals surface area contributed by atoms with E-state index < -0.39 is 10.0 Å². The van der Waals surface area contributed by atoms with Crippen molar-refractivity contribution in [2.45, 2.75) is 30.7 Å². The quantitative estimate of drug-likeness (QED) is 0.823. The molecule has 0 amide bonds. The molecule has 0 saturated heterocycles. The molecule has 0 aromatic heterocycles. The van der Waals surface area contributed by atoms with Crippen molar-refractivity contribution in [3.05, 3.63) is 65.7 Å². The number of benzene rings is 2. The Hall–Kier alpha value is -1.69. The molecule has 1 atom stereocenters. The first-order chi connectivity index (χ1) is 10.5. The number of aliphatic hydroxyl groups is 1. The van der Waals surface area contributed by atoms with Crippen LogP contribution in [0.2, 0.25) is 0 Å². The lowest BCUT2D eigenvalue weighted by Crippen LogP contribution is -2.37. The van der Waals surface area contributed by atoms with Crippen LogP contribution in [0, 0.1) is 6.92 Å². The lowest BCUT2D eigenvalue weighted by molar-refractivity contribution is 0.271. The van der Waals surface area contributed by atoms with Gasteiger partial charge in [-0.3, -0.25) is 0 Å². The van der Waals surface area contributed by atoms with E-state index in [4.69, 9.17) is 0 Å². The zero-order valence-corrected chi connectivity index (χ0v) is 13.4. The van der Waals surface area contributed by atoms with Gasteiger partial charge in [0.25, 0.3) is 0 Å². The maximum atomic E-state index is 12.4. The van der Waals surface area contributed by atoms with Crippen molar-refractivity contribution in [2.75, 3.05) is 6.61 Å². The van der Waals surface area contributed by atoms with Gasteiger partial charge >= 0.3 is 0 Å². The standard InChI is InChI=1S/C17H21NO3S/c1-14-7-9-17(10-8-14)22(20,21)18-16(11-12-19)13-15-5-3-2-4-6-15/h2-10,16,18-19H,11-13H2,1H3. The number of rotatable bonds is 7. The molecule has 22 heavy (non-hydrogen) atoms. The van der Waals surface area contributed by atoms with Crippen LogP contribution in [0.25, 0.3) is 0 Å². The molecule has 2 aromatic rings. The van der Waals surface area contributed by atoms with E-state index in [1.165, 1.54) is 0 Å². The van der Waals surface area contributed by atoms with Gasteiger partial charge in [-0.15, -0.1) is 0 Å². The lowest BCUT2D eigenvalue weighted by atomic mass is 10.0. The molecule has 0 fully saturated rings. The molecular formula is C17H21NO3S. The fourth-order valence-electron chi connectivity index (χ4n) is 2.26. The van der Waals surface area contributed by atoms with Gasteiger partial charge in [-0.05, 0) is 37.5 Å². The van der Waals surface area contributed by atoms with E-state index in [-0.39, 0.29) is 17.5 Å². The third-order valence-electron chi connectivity index (χ3n) is 3.46. The SMILES string of the molecule is Cc1ccc(S(=O)(=O)NC(CCO)Cc2ccccc2)cc1. The maximum Gasteiger partial charge on any atom is 0.240 e. The number of sulfonamides is 1. The van der Waals surface area contributed by atoms with Crippen molar-refractivity contribution in [1.82, 2.24) is 4.72 Å². The van der Waals surface area contributed by atoms with Crippen LogP contribution >= 0.6 is 0 Å². The van der Waals surface area contributed by atoms with Crippen LogP contribution < -0.4 is 4.72 Å². The van der Waals surface area contributed by atoms with Gasteiger partial charge in [-0.1, -0.05) is 48.0 Å². The molecule has 0 bridgehead atoms. The summed E-state index contributed by atoms with van der Waals surface area (Å²) in [5, 5.41) is 9.18. The van der Waals surface area contributed by atoms with Crippen molar-refractivity contribution >= 4 is 10.0 Å². The molecule has 4 nitrogen and oxygen atoms in total. The summed E-state index contributed by atoms with van der Waals surface area (Å²) in [5.74, 6) is 0. The van der Waals surface area contributed by atoms with Crippen LogP contribution in [-0.2, 0) is 16.4 Å². The number of aliphatic hydroxyl groups excluding tert-OH is 1. The summed E-state index contributed by atoms with van der Waals surface area (Å²) in [6, 6.07) is 16.0. The number of nitrogens with one attached hydrogen (secondary N) is 1. The van der Waals surface area contributed by atoms with E-state index in [1.54, 1.807) is 24.3 Å². The monoisotopic (exact) mass is 319 g/mol. The predicted octanol–water partition coefficient (Wildman–Crippen LogP) is 2.27. The fourth-order valence-corrected chi connectivity index (χ4v) is 3.53. The zero-order chi connectivity index (χ0) is 16.0. The average molecular weight is 319 g/mol. The van der Waals surface area contributed by atoms with Crippen LogP contribution in [0.3, 0.4) is 0 Å². The first-order valence-corrected chi connectivity index (χ1v) is 8.73. The van der Waals surface area contributed by atoms with Crippen molar-refractivity contribution in [3.63, 3.8) is 0 Å². The van der Waals surface area contributed by atoms with Gasteiger partial charge in [-0.25, -0.2) is 13.1 Å². The normalized spacial score (nSPS) is 13.0. The second kappa shape index (κ2) is 7.54. The van der Waals surface area contributed by atoms with Gasteiger partial charge in [-0.2, -0.15) is 0 Å². The van der Waals surface area contributed by atoms with Crippen LogP contribution in [-0.4, -0.2) is 26.2 Å². The third kappa shape index (κ3) is 4.66. The molecule has 5 heteroatoms. The summed E-state index contributed by atoms with van der Waals surface area (Å²) in [5.41, 5.74) is 2.04. The minimum absolute atomic E-state index is 0.0616. The molecule has 0 heterocycles. The molecule has 0 radical (unpaired) electrons. The Labute approximate surface area is 131 Å². The minimum atomic E-state index is -3.58. The first kappa shape index (κ1) is 16.7. The molecule has 0 aliphatic carbocycles. The summed E-state index contributed by atoms with van der Waals surface area (Å²) >= 11 is 0. The highest BCUT2D eigenvalue weighted by Crippen LogP contribution is 2.13. The van der Waals surface area contributed by atoms with E-state index in [9.17, 15) is 13.5 Å². The molecular weight excluding hydrogens is 298 g/mol. The van der Waals surface area contributed by atoms with Crippen LogP contribution in [0.15, 0.2) is 59.5 Å². The van der Waals surface area contributed by atoms with E-state index >= 15 is 0 Å². The van der Waals surface area contributed by atoms with Gasteiger partial charge in [0, 0.05) is 12.6 Å². The maximum absolute atomic E-state index is 12.4. The molecule has 0 aliphatic rings. The van der Waals surface area contributed by atoms with Gasteiger partial charge in [0.15, 0.2) is 0 Å². The van der Waals surface area contributed by atoms with Gasteiger partial charge < -0.3 is 5.11 Å². The zero-order valence-electron chi connectivity index (χ0n) is 12.6. The summed E-state index contributed by atoms with van der Waals surface area (Å²) in [7, 11) is -3.58. The average Bonchev–Trinajstić information content (AvgIpc) is 2.48. The Morgan fingerprint density at radius 1 is 1.05 bits per heavy atom. The highest BCUT2D eigenvalue weighted by Gasteiger charge is 2.20. The lowest BCUT2D eigenvalue weighted by Gasteiger charge is -2.18. The molecule has 118 valence electrons. The molecule has 0 spiro atoms. The second-order valence-electron chi connectivity index (χ2n) is 5.33. The first-order valence-electron chi connectivity index (χ1n) is 7.25. The van der Waals surface area contributed by atoms with Gasteiger partial charge in [0.05, 0.1) is 4.90 Å². The number of hydrogen-bond donors (Lipinski definition) is 2. The number of hydrogen-bond acceptors (Lipinski definition) is 3. The van der Waals surface area contributed by atoms with Crippen molar-refractivity contribution in [2.24, 2.45) is 0 Å². The topological polar surface area (TPSA) is 66.4 Å². The van der Waals surface area contributed by atoms with Gasteiger partial charge in [0.1, 0.15) is 0 Å². The molecule has 0 aliphatic heterocycles. The second-order valence-corrected chi connectivity index (χ2v) is 7.05. The highest BCUT2D eigenvalue weighted by atomic mass is 32.2.